The highest BCUT2D eigenvalue weighted by atomic mass is 32.1. The van der Waals surface area contributed by atoms with E-state index in [1.807, 2.05) is 6.92 Å². The van der Waals surface area contributed by atoms with Gasteiger partial charge in [-0.1, -0.05) is 0 Å². The van der Waals surface area contributed by atoms with Gasteiger partial charge in [-0.25, -0.2) is 4.98 Å². The van der Waals surface area contributed by atoms with Gasteiger partial charge in [-0.2, -0.15) is 0 Å². The topological polar surface area (TPSA) is 88.3 Å². The van der Waals surface area contributed by atoms with Crippen molar-refractivity contribution in [2.75, 3.05) is 13.6 Å². The summed E-state index contributed by atoms with van der Waals surface area (Å²) >= 11 is 1.36. The van der Waals surface area contributed by atoms with E-state index in [0.29, 0.717) is 11.7 Å². The number of thiazole rings is 1. The molecule has 19 heavy (non-hydrogen) atoms. The maximum Gasteiger partial charge on any atom is 0.273 e. The van der Waals surface area contributed by atoms with Crippen LogP contribution < -0.4 is 11.1 Å². The average molecular weight is 282 g/mol. The Balaban J connectivity index is 1.91. The molecule has 1 fully saturated rings. The van der Waals surface area contributed by atoms with Gasteiger partial charge in [0.05, 0.1) is 12.6 Å². The molecule has 0 aromatic carbocycles. The molecule has 6 nitrogen and oxygen atoms in total. The van der Waals surface area contributed by atoms with E-state index < -0.39 is 0 Å². The minimum Gasteiger partial charge on any atom is -0.352 e. The summed E-state index contributed by atoms with van der Waals surface area (Å²) in [6.45, 7) is 1.88. The fourth-order valence-electron chi connectivity index (χ4n) is 1.58. The predicted molar refractivity (Wildman–Crippen MR) is 72.8 cm³/mol. The van der Waals surface area contributed by atoms with E-state index in [4.69, 9.17) is 5.73 Å². The molecule has 0 bridgehead atoms. The van der Waals surface area contributed by atoms with Crippen molar-refractivity contribution in [2.24, 2.45) is 5.73 Å². The lowest BCUT2D eigenvalue weighted by Crippen LogP contribution is -2.39. The average Bonchev–Trinajstić information content (AvgIpc) is 3.00. The van der Waals surface area contributed by atoms with Gasteiger partial charge >= 0.3 is 0 Å². The number of nitrogens with zero attached hydrogens (tertiary/aromatic N) is 2. The molecule has 104 valence electrons. The first kappa shape index (κ1) is 14.0. The summed E-state index contributed by atoms with van der Waals surface area (Å²) in [5, 5.41) is 5.24. The van der Waals surface area contributed by atoms with E-state index >= 15 is 0 Å². The molecule has 3 N–H and O–H groups in total. The molecule has 2 rings (SSSR count). The third-order valence-electron chi connectivity index (χ3n) is 2.80. The van der Waals surface area contributed by atoms with E-state index in [0.717, 1.165) is 17.8 Å². The van der Waals surface area contributed by atoms with Crippen LogP contribution in [-0.4, -0.2) is 41.3 Å². The molecule has 0 radical (unpaired) electrons. The van der Waals surface area contributed by atoms with Gasteiger partial charge in [0.1, 0.15) is 10.7 Å². The number of hydrogen-bond donors (Lipinski definition) is 2. The number of carbonyl (C=O) groups is 2. The molecule has 1 aromatic rings. The molecule has 1 aliphatic rings. The summed E-state index contributed by atoms with van der Waals surface area (Å²) in [5.74, 6) is -0.380. The van der Waals surface area contributed by atoms with Crippen LogP contribution in [0.5, 0.6) is 0 Å². The molecule has 1 aliphatic carbocycles. The van der Waals surface area contributed by atoms with Crippen molar-refractivity contribution in [1.82, 2.24) is 15.2 Å². The van der Waals surface area contributed by atoms with Crippen molar-refractivity contribution >= 4 is 23.2 Å². The van der Waals surface area contributed by atoms with Gasteiger partial charge in [0, 0.05) is 18.5 Å². The second kappa shape index (κ2) is 5.66. The zero-order valence-corrected chi connectivity index (χ0v) is 11.9. The van der Waals surface area contributed by atoms with Crippen LogP contribution in [0.2, 0.25) is 0 Å². The summed E-state index contributed by atoms with van der Waals surface area (Å²) < 4.78 is 0. The Morgan fingerprint density at radius 1 is 1.63 bits per heavy atom. The van der Waals surface area contributed by atoms with Gasteiger partial charge in [0.2, 0.25) is 5.91 Å². The minimum absolute atomic E-state index is 0.0559. The number of nitrogens with one attached hydrogen (secondary N) is 1. The van der Waals surface area contributed by atoms with Crippen LogP contribution >= 0.6 is 11.3 Å². The lowest BCUT2D eigenvalue weighted by Gasteiger charge is -2.15. The molecule has 1 unspecified atom stereocenters. The fourth-order valence-corrected chi connectivity index (χ4v) is 2.33. The first-order valence-corrected chi connectivity index (χ1v) is 7.11. The Morgan fingerprint density at radius 2 is 2.32 bits per heavy atom. The molecule has 0 saturated heterocycles. The largest absolute Gasteiger partial charge is 0.352 e. The van der Waals surface area contributed by atoms with Crippen LogP contribution in [0.3, 0.4) is 0 Å². The number of hydrogen-bond acceptors (Lipinski definition) is 5. The van der Waals surface area contributed by atoms with Gasteiger partial charge in [0.25, 0.3) is 5.91 Å². The van der Waals surface area contributed by atoms with Gasteiger partial charge < -0.3 is 16.0 Å². The number of nitrogens with two attached hydrogens (primary N) is 1. The van der Waals surface area contributed by atoms with Crippen molar-refractivity contribution in [3.05, 3.63) is 16.1 Å². The molecule has 0 spiro atoms. The first-order valence-electron chi connectivity index (χ1n) is 6.23. The molecule has 1 atom stereocenters. The van der Waals surface area contributed by atoms with Crippen molar-refractivity contribution < 1.29 is 9.59 Å². The Kier molecular flexibility index (Phi) is 4.16. The standard InChI is InChI=1S/C12H18N4O2S/c1-7(13)11-15-9(6-19-11)12(18)16(2)5-10(17)14-8-3-4-8/h6-8H,3-5,13H2,1-2H3,(H,14,17). The summed E-state index contributed by atoms with van der Waals surface area (Å²) in [4.78, 5) is 29.2. The molecule has 7 heteroatoms. The van der Waals surface area contributed by atoms with Crippen LogP contribution in [-0.2, 0) is 4.79 Å². The van der Waals surface area contributed by atoms with Crippen molar-refractivity contribution in [3.8, 4) is 0 Å². The third-order valence-corrected chi connectivity index (χ3v) is 3.85. The summed E-state index contributed by atoms with van der Waals surface area (Å²) in [6, 6.07) is 0.120. The first-order chi connectivity index (χ1) is 8.97. The van der Waals surface area contributed by atoms with E-state index in [1.54, 1.807) is 12.4 Å². The van der Waals surface area contributed by atoms with Crippen LogP contribution in [0, 0.1) is 0 Å². The predicted octanol–water partition coefficient (Wildman–Crippen LogP) is 0.513. The highest BCUT2D eigenvalue weighted by Gasteiger charge is 2.25. The Hall–Kier alpha value is -1.47. The molecule has 1 heterocycles. The van der Waals surface area contributed by atoms with Gasteiger partial charge in [-0.3, -0.25) is 9.59 Å². The zero-order chi connectivity index (χ0) is 14.0. The Bertz CT molecular complexity index is 482. The maximum absolute atomic E-state index is 12.1. The van der Waals surface area contributed by atoms with Gasteiger partial charge in [-0.15, -0.1) is 11.3 Å². The lowest BCUT2D eigenvalue weighted by molar-refractivity contribution is -0.121. The molecular weight excluding hydrogens is 264 g/mol. The van der Waals surface area contributed by atoms with E-state index in [9.17, 15) is 9.59 Å². The SMILES string of the molecule is CC(N)c1nc(C(=O)N(C)CC(=O)NC2CC2)cs1. The monoisotopic (exact) mass is 282 g/mol. The fraction of sp³-hybridized carbons (Fsp3) is 0.583. The molecule has 1 saturated carbocycles. The zero-order valence-electron chi connectivity index (χ0n) is 11.0. The maximum atomic E-state index is 12.1. The second-order valence-corrected chi connectivity index (χ2v) is 5.75. The smallest absolute Gasteiger partial charge is 0.273 e. The highest BCUT2D eigenvalue weighted by Crippen LogP contribution is 2.19. The Labute approximate surface area is 116 Å². The van der Waals surface area contributed by atoms with Crippen LogP contribution in [0.1, 0.15) is 41.3 Å². The summed E-state index contributed by atoms with van der Waals surface area (Å²) in [6.07, 6.45) is 2.07. The molecule has 1 aromatic heterocycles. The number of amides is 2. The number of rotatable bonds is 5. The molecular formula is C12H18N4O2S. The van der Waals surface area contributed by atoms with E-state index in [2.05, 4.69) is 10.3 Å². The van der Waals surface area contributed by atoms with Crippen molar-refractivity contribution in [1.29, 1.82) is 0 Å². The number of aromatic nitrogens is 1. The molecule has 2 amide bonds. The highest BCUT2D eigenvalue weighted by molar-refractivity contribution is 7.09. The van der Waals surface area contributed by atoms with Crippen molar-refractivity contribution in [2.45, 2.75) is 31.8 Å². The summed E-state index contributed by atoms with van der Waals surface area (Å²) in [7, 11) is 1.60. The third kappa shape index (κ3) is 3.74. The van der Waals surface area contributed by atoms with Crippen LogP contribution in [0.4, 0.5) is 0 Å². The number of carbonyl (C=O) groups excluding carboxylic acids is 2. The van der Waals surface area contributed by atoms with Gasteiger partial charge in [-0.05, 0) is 19.8 Å². The van der Waals surface area contributed by atoms with E-state index in [1.165, 1.54) is 16.2 Å². The van der Waals surface area contributed by atoms with E-state index in [-0.39, 0.29) is 24.4 Å². The Morgan fingerprint density at radius 3 is 2.84 bits per heavy atom. The number of likely N-dealkylation sites (N-methyl/N-ethyl adjacent to an activating group) is 1. The minimum atomic E-state index is -0.255. The van der Waals surface area contributed by atoms with Gasteiger partial charge in [0.15, 0.2) is 0 Å². The lowest BCUT2D eigenvalue weighted by atomic mass is 10.3. The van der Waals surface area contributed by atoms with Crippen molar-refractivity contribution in [3.63, 3.8) is 0 Å². The quantitative estimate of drug-likeness (QED) is 0.823. The second-order valence-electron chi connectivity index (χ2n) is 4.86. The van der Waals surface area contributed by atoms with Crippen LogP contribution in [0.15, 0.2) is 5.38 Å². The molecule has 0 aliphatic heterocycles. The van der Waals surface area contributed by atoms with Crippen LogP contribution in [0.25, 0.3) is 0 Å². The normalized spacial score (nSPS) is 15.9. The summed E-state index contributed by atoms with van der Waals surface area (Å²) in [5.41, 5.74) is 6.05.